The molecular formula is C28H31NO3. The van der Waals surface area contributed by atoms with Gasteiger partial charge in [0.25, 0.3) is 0 Å². The maximum Gasteiger partial charge on any atom is 0.244 e. The van der Waals surface area contributed by atoms with E-state index < -0.39 is 5.41 Å². The van der Waals surface area contributed by atoms with Crippen LogP contribution in [0.4, 0.5) is 5.69 Å². The molecule has 0 bridgehead atoms. The maximum absolute atomic E-state index is 13.8. The molecule has 1 heterocycles. The highest BCUT2D eigenvalue weighted by molar-refractivity contribution is 6.12. The summed E-state index contributed by atoms with van der Waals surface area (Å²) in [7, 11) is 0. The lowest BCUT2D eigenvalue weighted by Crippen LogP contribution is -2.38. The predicted octanol–water partition coefficient (Wildman–Crippen LogP) is 5.98. The molecule has 1 amide bonds. The van der Waals surface area contributed by atoms with Crippen LogP contribution in [0.25, 0.3) is 0 Å². The lowest BCUT2D eigenvalue weighted by Gasteiger charge is -2.33. The average molecular weight is 430 g/mol. The van der Waals surface area contributed by atoms with Gasteiger partial charge in [-0.1, -0.05) is 71.9 Å². The van der Waals surface area contributed by atoms with Crippen molar-refractivity contribution < 1.29 is 15.0 Å². The summed E-state index contributed by atoms with van der Waals surface area (Å²) in [4.78, 5) is 13.8. The van der Waals surface area contributed by atoms with Crippen molar-refractivity contribution in [1.29, 1.82) is 0 Å². The third-order valence-corrected chi connectivity index (χ3v) is 6.45. The number of hydrogen-bond donors (Lipinski definition) is 3. The molecule has 0 saturated carbocycles. The van der Waals surface area contributed by atoms with Gasteiger partial charge in [0.1, 0.15) is 16.9 Å². The second-order valence-corrected chi connectivity index (χ2v) is 10.7. The number of aromatic hydroxyl groups is 2. The number of benzene rings is 3. The molecule has 1 aliphatic rings. The molecular weight excluding hydrogens is 398 g/mol. The smallest absolute Gasteiger partial charge is 0.244 e. The van der Waals surface area contributed by atoms with Crippen molar-refractivity contribution >= 4 is 11.6 Å². The number of phenolic OH excluding ortho intramolecular Hbond substituents is 2. The van der Waals surface area contributed by atoms with Crippen LogP contribution in [0.3, 0.4) is 0 Å². The second-order valence-electron chi connectivity index (χ2n) is 10.7. The number of anilines is 1. The maximum atomic E-state index is 13.8. The number of rotatable bonds is 2. The van der Waals surface area contributed by atoms with Crippen LogP contribution in [0.2, 0.25) is 0 Å². The summed E-state index contributed by atoms with van der Waals surface area (Å²) in [5, 5.41) is 25.2. The SMILES string of the molecule is CC(C)(C)c1ccc(O)c(C2(c3cc(C(C)(C)C)ccc3O)C(=O)Nc3ccccc32)c1. The minimum Gasteiger partial charge on any atom is -0.508 e. The van der Waals surface area contributed by atoms with Gasteiger partial charge < -0.3 is 15.5 Å². The summed E-state index contributed by atoms with van der Waals surface area (Å²) in [5.41, 5.74) is 2.56. The van der Waals surface area contributed by atoms with Gasteiger partial charge >= 0.3 is 0 Å². The number of carbonyl (C=O) groups excluding carboxylic acids is 1. The van der Waals surface area contributed by atoms with Gasteiger partial charge in [-0.2, -0.15) is 0 Å². The van der Waals surface area contributed by atoms with E-state index in [0.717, 1.165) is 11.1 Å². The fourth-order valence-corrected chi connectivity index (χ4v) is 4.54. The van der Waals surface area contributed by atoms with Crippen LogP contribution in [0.5, 0.6) is 11.5 Å². The van der Waals surface area contributed by atoms with Gasteiger partial charge in [-0.15, -0.1) is 0 Å². The number of amides is 1. The molecule has 3 aromatic carbocycles. The Balaban J connectivity index is 2.16. The van der Waals surface area contributed by atoms with E-state index >= 15 is 0 Å². The van der Waals surface area contributed by atoms with Gasteiger partial charge in [-0.3, -0.25) is 4.79 Å². The number of para-hydroxylation sites is 1. The highest BCUT2D eigenvalue weighted by Crippen LogP contribution is 2.53. The number of carbonyl (C=O) groups is 1. The molecule has 0 aromatic heterocycles. The van der Waals surface area contributed by atoms with Crippen molar-refractivity contribution in [3.05, 3.63) is 88.5 Å². The van der Waals surface area contributed by atoms with Crippen LogP contribution < -0.4 is 5.32 Å². The van der Waals surface area contributed by atoms with Gasteiger partial charge in [0.2, 0.25) is 5.91 Å². The van der Waals surface area contributed by atoms with Crippen molar-refractivity contribution in [2.45, 2.75) is 57.8 Å². The largest absolute Gasteiger partial charge is 0.508 e. The monoisotopic (exact) mass is 429 g/mol. The Labute approximate surface area is 189 Å². The lowest BCUT2D eigenvalue weighted by atomic mass is 9.67. The molecule has 0 radical (unpaired) electrons. The Morgan fingerprint density at radius 1 is 0.688 bits per heavy atom. The van der Waals surface area contributed by atoms with Gasteiger partial charge in [0.15, 0.2) is 0 Å². The minimum absolute atomic E-state index is 0.0189. The Hall–Kier alpha value is -3.27. The summed E-state index contributed by atoms with van der Waals surface area (Å²) in [6.45, 7) is 12.6. The van der Waals surface area contributed by atoms with Crippen molar-refractivity contribution in [2.24, 2.45) is 0 Å². The molecule has 0 atom stereocenters. The Morgan fingerprint density at radius 3 is 1.62 bits per heavy atom. The molecule has 166 valence electrons. The van der Waals surface area contributed by atoms with Gasteiger partial charge in [-0.25, -0.2) is 0 Å². The van der Waals surface area contributed by atoms with Crippen LogP contribution in [0.15, 0.2) is 60.7 Å². The summed E-state index contributed by atoms with van der Waals surface area (Å²) < 4.78 is 0. The summed E-state index contributed by atoms with van der Waals surface area (Å²) in [6, 6.07) is 18.4. The molecule has 0 aliphatic carbocycles. The minimum atomic E-state index is -1.38. The van der Waals surface area contributed by atoms with E-state index in [4.69, 9.17) is 0 Å². The third kappa shape index (κ3) is 3.26. The number of fused-ring (bicyclic) bond motifs is 1. The van der Waals surface area contributed by atoms with E-state index in [1.54, 1.807) is 12.1 Å². The fourth-order valence-electron chi connectivity index (χ4n) is 4.54. The van der Waals surface area contributed by atoms with Crippen LogP contribution >= 0.6 is 0 Å². The fraction of sp³-hybridized carbons (Fsp3) is 0.321. The van der Waals surface area contributed by atoms with E-state index in [0.29, 0.717) is 22.4 Å². The van der Waals surface area contributed by atoms with Crippen molar-refractivity contribution in [2.75, 3.05) is 5.32 Å². The van der Waals surface area contributed by atoms with E-state index in [-0.39, 0.29) is 28.2 Å². The highest BCUT2D eigenvalue weighted by Gasteiger charge is 2.52. The molecule has 0 spiro atoms. The molecule has 32 heavy (non-hydrogen) atoms. The first-order valence-corrected chi connectivity index (χ1v) is 11.0. The first-order chi connectivity index (χ1) is 14.9. The molecule has 3 N–H and O–H groups in total. The van der Waals surface area contributed by atoms with Gasteiger partial charge in [0, 0.05) is 22.4 Å². The highest BCUT2D eigenvalue weighted by atomic mass is 16.3. The topological polar surface area (TPSA) is 69.6 Å². The zero-order valence-corrected chi connectivity index (χ0v) is 19.6. The molecule has 4 heteroatoms. The first-order valence-electron chi connectivity index (χ1n) is 11.0. The number of hydrogen-bond acceptors (Lipinski definition) is 3. The zero-order chi connectivity index (χ0) is 23.5. The molecule has 0 unspecified atom stereocenters. The van der Waals surface area contributed by atoms with E-state index in [2.05, 4.69) is 46.9 Å². The van der Waals surface area contributed by atoms with Crippen molar-refractivity contribution in [3.63, 3.8) is 0 Å². The Morgan fingerprint density at radius 2 is 1.16 bits per heavy atom. The van der Waals surface area contributed by atoms with E-state index in [1.807, 2.05) is 48.5 Å². The van der Waals surface area contributed by atoms with Gasteiger partial charge in [-0.05, 0) is 52.3 Å². The van der Waals surface area contributed by atoms with Crippen molar-refractivity contribution in [1.82, 2.24) is 0 Å². The molecule has 4 rings (SSSR count). The molecule has 1 aliphatic heterocycles. The van der Waals surface area contributed by atoms with Crippen LogP contribution in [-0.2, 0) is 21.0 Å². The standard InChI is InChI=1S/C28H31NO3/c1-26(2,3)17-11-13-23(30)20(15-17)28(19-9-7-8-10-22(19)29-25(28)32)21-16-18(27(4,5)6)12-14-24(21)31/h7-16,30-31H,1-6H3,(H,29,32). The number of phenols is 2. The van der Waals surface area contributed by atoms with Crippen LogP contribution in [-0.4, -0.2) is 16.1 Å². The van der Waals surface area contributed by atoms with Crippen molar-refractivity contribution in [3.8, 4) is 11.5 Å². The average Bonchev–Trinajstić information content (AvgIpc) is 2.99. The van der Waals surface area contributed by atoms with E-state index in [1.165, 1.54) is 0 Å². The quantitative estimate of drug-likeness (QED) is 0.469. The molecule has 0 fully saturated rings. The summed E-state index contributed by atoms with van der Waals surface area (Å²) >= 11 is 0. The zero-order valence-electron chi connectivity index (χ0n) is 19.6. The normalized spacial score (nSPS) is 15.4. The van der Waals surface area contributed by atoms with E-state index in [9.17, 15) is 15.0 Å². The first kappa shape index (κ1) is 21.9. The summed E-state index contributed by atoms with van der Waals surface area (Å²) in [6.07, 6.45) is 0. The number of nitrogens with one attached hydrogen (secondary N) is 1. The van der Waals surface area contributed by atoms with Crippen LogP contribution in [0.1, 0.15) is 69.4 Å². The molecule has 3 aromatic rings. The summed E-state index contributed by atoms with van der Waals surface area (Å²) in [5.74, 6) is -0.253. The third-order valence-electron chi connectivity index (χ3n) is 6.45. The molecule has 0 saturated heterocycles. The Kier molecular flexibility index (Phi) is 4.89. The lowest BCUT2D eigenvalue weighted by molar-refractivity contribution is -0.118. The Bertz CT molecular complexity index is 1150. The molecule has 4 nitrogen and oxygen atoms in total. The second kappa shape index (κ2) is 7.13. The van der Waals surface area contributed by atoms with Crippen LogP contribution in [0, 0.1) is 0 Å². The predicted molar refractivity (Wildman–Crippen MR) is 129 cm³/mol. The van der Waals surface area contributed by atoms with Gasteiger partial charge in [0.05, 0.1) is 0 Å².